The maximum Gasteiger partial charge on any atom is 0.270 e. The van der Waals surface area contributed by atoms with Crippen molar-refractivity contribution in [3.63, 3.8) is 0 Å². The fourth-order valence-corrected chi connectivity index (χ4v) is 5.21. The number of aromatic nitrogens is 1. The molecule has 2 heterocycles. The van der Waals surface area contributed by atoms with Crippen LogP contribution in [0.15, 0.2) is 8.13 Å². The van der Waals surface area contributed by atoms with Gasteiger partial charge < -0.3 is 5.11 Å². The summed E-state index contributed by atoms with van der Waals surface area (Å²) in [6, 6.07) is 0. The summed E-state index contributed by atoms with van der Waals surface area (Å²) < 4.78 is 26.7. The minimum atomic E-state index is -3.49. The summed E-state index contributed by atoms with van der Waals surface area (Å²) in [6.07, 6.45) is 0.599. The lowest BCUT2D eigenvalue weighted by atomic mass is 10.1. The number of aryl methyl sites for hydroxylation is 1. The van der Waals surface area contributed by atoms with E-state index in [4.69, 9.17) is 0 Å². The Morgan fingerprint density at radius 2 is 2.06 bits per heavy atom. The Morgan fingerprint density at radius 1 is 1.47 bits per heavy atom. The van der Waals surface area contributed by atoms with Crippen LogP contribution in [0.25, 0.3) is 0 Å². The van der Waals surface area contributed by atoms with E-state index in [1.807, 2.05) is 0 Å². The molecule has 0 amide bonds. The second kappa shape index (κ2) is 4.93. The lowest BCUT2D eigenvalue weighted by Gasteiger charge is -2.27. The Morgan fingerprint density at radius 3 is 2.53 bits per heavy atom. The molecule has 1 aliphatic rings. The van der Waals surface area contributed by atoms with E-state index < -0.39 is 10.0 Å². The van der Waals surface area contributed by atoms with Crippen LogP contribution in [0.3, 0.4) is 0 Å². The molecule has 0 atom stereocenters. The third-order valence-electron chi connectivity index (χ3n) is 2.70. The summed E-state index contributed by atoms with van der Waals surface area (Å²) in [7, 11) is -3.49. The van der Waals surface area contributed by atoms with Crippen molar-refractivity contribution in [2.75, 3.05) is 13.1 Å². The molecule has 8 heteroatoms. The Balaban J connectivity index is 2.24. The first-order chi connectivity index (χ1) is 7.91. The summed E-state index contributed by atoms with van der Waals surface area (Å²) in [4.78, 5) is 4.06. The van der Waals surface area contributed by atoms with Crippen LogP contribution in [0.2, 0.25) is 0 Å². The van der Waals surface area contributed by atoms with Gasteiger partial charge >= 0.3 is 0 Å². The van der Waals surface area contributed by atoms with Gasteiger partial charge in [0.2, 0.25) is 4.34 Å². The van der Waals surface area contributed by atoms with Gasteiger partial charge in [0, 0.05) is 13.1 Å². The van der Waals surface area contributed by atoms with E-state index in [9.17, 15) is 13.5 Å². The maximum absolute atomic E-state index is 12.2. The van der Waals surface area contributed by atoms with Crippen molar-refractivity contribution in [3.8, 4) is 0 Å². The summed E-state index contributed by atoms with van der Waals surface area (Å²) >= 11 is 4.40. The maximum atomic E-state index is 12.2. The molecule has 1 saturated heterocycles. The molecule has 96 valence electrons. The molecule has 0 saturated carbocycles. The lowest BCUT2D eigenvalue weighted by molar-refractivity contribution is 0.113. The molecule has 1 aliphatic heterocycles. The summed E-state index contributed by atoms with van der Waals surface area (Å²) in [6.45, 7) is 2.49. The molecule has 1 N–H and O–H groups in total. The zero-order chi connectivity index (χ0) is 12.6. The fourth-order valence-electron chi connectivity index (χ4n) is 1.66. The topological polar surface area (TPSA) is 70.5 Å². The van der Waals surface area contributed by atoms with Crippen molar-refractivity contribution >= 4 is 37.3 Å². The van der Waals surface area contributed by atoms with Gasteiger partial charge in [-0.05, 0) is 35.7 Å². The van der Waals surface area contributed by atoms with Gasteiger partial charge in [-0.15, -0.1) is 0 Å². The van der Waals surface area contributed by atoms with Crippen LogP contribution >= 0.6 is 27.3 Å². The van der Waals surface area contributed by atoms with Gasteiger partial charge in [-0.2, -0.15) is 4.31 Å². The average Bonchev–Trinajstić information content (AvgIpc) is 2.60. The number of piperidine rings is 1. The monoisotopic (exact) mass is 340 g/mol. The number of rotatable bonds is 2. The van der Waals surface area contributed by atoms with Crippen LogP contribution in [0.4, 0.5) is 0 Å². The van der Waals surface area contributed by atoms with Crippen molar-refractivity contribution in [1.29, 1.82) is 0 Å². The van der Waals surface area contributed by atoms with Gasteiger partial charge in [0.1, 0.15) is 0 Å². The van der Waals surface area contributed by atoms with Gasteiger partial charge in [-0.1, -0.05) is 11.3 Å². The van der Waals surface area contributed by atoms with Crippen LogP contribution < -0.4 is 0 Å². The highest BCUT2D eigenvalue weighted by Crippen LogP contribution is 2.30. The SMILES string of the molecule is Cc1nc(S(=O)(=O)N2CCC(O)CC2)sc1Br. The van der Waals surface area contributed by atoms with Crippen LogP contribution in [0, 0.1) is 6.92 Å². The van der Waals surface area contributed by atoms with Gasteiger partial charge in [-0.3, -0.25) is 0 Å². The van der Waals surface area contributed by atoms with Gasteiger partial charge in [0.25, 0.3) is 10.0 Å². The number of sulfonamides is 1. The van der Waals surface area contributed by atoms with Crippen molar-refractivity contribution in [2.45, 2.75) is 30.2 Å². The van der Waals surface area contributed by atoms with Crippen molar-refractivity contribution in [2.24, 2.45) is 0 Å². The second-order valence-corrected chi connectivity index (χ2v) is 8.40. The number of thiazole rings is 1. The molecule has 1 aromatic heterocycles. The van der Waals surface area contributed by atoms with Crippen molar-refractivity contribution < 1.29 is 13.5 Å². The van der Waals surface area contributed by atoms with Gasteiger partial charge in [0.05, 0.1) is 15.6 Å². The number of hydrogen-bond acceptors (Lipinski definition) is 5. The molecule has 0 bridgehead atoms. The Bertz CT molecular complexity index is 487. The molecule has 17 heavy (non-hydrogen) atoms. The normalized spacial score (nSPS) is 19.7. The first kappa shape index (κ1) is 13.4. The van der Waals surface area contributed by atoms with E-state index in [2.05, 4.69) is 20.9 Å². The Labute approximate surface area is 113 Å². The van der Waals surface area contributed by atoms with Crippen LogP contribution in [-0.2, 0) is 10.0 Å². The van der Waals surface area contributed by atoms with E-state index in [-0.39, 0.29) is 10.4 Å². The van der Waals surface area contributed by atoms with Crippen LogP contribution in [-0.4, -0.2) is 42.0 Å². The molecule has 1 aromatic rings. The van der Waals surface area contributed by atoms with Crippen LogP contribution in [0.1, 0.15) is 18.5 Å². The zero-order valence-corrected chi connectivity index (χ0v) is 12.5. The van der Waals surface area contributed by atoms with E-state index in [0.29, 0.717) is 31.6 Å². The molecule has 5 nitrogen and oxygen atoms in total. The molecular formula is C9H13BrN2O3S2. The first-order valence-corrected chi connectivity index (χ1v) is 8.27. The predicted molar refractivity (Wildman–Crippen MR) is 68.6 cm³/mol. The number of nitrogens with zero attached hydrogens (tertiary/aromatic N) is 2. The smallest absolute Gasteiger partial charge is 0.270 e. The van der Waals surface area contributed by atoms with Crippen LogP contribution in [0.5, 0.6) is 0 Å². The van der Waals surface area contributed by atoms with E-state index in [1.165, 1.54) is 4.31 Å². The third-order valence-corrected chi connectivity index (χ3v) is 6.96. The fraction of sp³-hybridized carbons (Fsp3) is 0.667. The Kier molecular flexibility index (Phi) is 3.89. The molecule has 0 aliphatic carbocycles. The quantitative estimate of drug-likeness (QED) is 0.882. The zero-order valence-electron chi connectivity index (χ0n) is 9.26. The minimum Gasteiger partial charge on any atom is -0.393 e. The summed E-state index contributed by atoms with van der Waals surface area (Å²) in [5.74, 6) is 0. The third kappa shape index (κ3) is 2.70. The van der Waals surface area contributed by atoms with E-state index in [1.54, 1.807) is 6.92 Å². The van der Waals surface area contributed by atoms with Crippen molar-refractivity contribution in [1.82, 2.24) is 9.29 Å². The number of aliphatic hydroxyl groups is 1. The van der Waals surface area contributed by atoms with Gasteiger partial charge in [0.15, 0.2) is 0 Å². The summed E-state index contributed by atoms with van der Waals surface area (Å²) in [5, 5.41) is 9.37. The van der Waals surface area contributed by atoms with Gasteiger partial charge in [-0.25, -0.2) is 13.4 Å². The van der Waals surface area contributed by atoms with E-state index >= 15 is 0 Å². The molecule has 0 spiro atoms. The second-order valence-electron chi connectivity index (χ2n) is 3.97. The molecular weight excluding hydrogens is 328 g/mol. The summed E-state index contributed by atoms with van der Waals surface area (Å²) in [5.41, 5.74) is 0.686. The highest BCUT2D eigenvalue weighted by Gasteiger charge is 2.31. The molecule has 0 unspecified atom stereocenters. The highest BCUT2D eigenvalue weighted by atomic mass is 79.9. The predicted octanol–water partition coefficient (Wildman–Crippen LogP) is 1.36. The minimum absolute atomic E-state index is 0.123. The highest BCUT2D eigenvalue weighted by molar-refractivity contribution is 9.11. The first-order valence-electron chi connectivity index (χ1n) is 5.22. The molecule has 0 radical (unpaired) electrons. The Hall–Kier alpha value is -0.0200. The average molecular weight is 341 g/mol. The number of halogens is 1. The van der Waals surface area contributed by atoms with Crippen molar-refractivity contribution in [3.05, 3.63) is 9.48 Å². The van der Waals surface area contributed by atoms with E-state index in [0.717, 1.165) is 15.1 Å². The molecule has 0 aromatic carbocycles. The largest absolute Gasteiger partial charge is 0.393 e. The number of hydrogen-bond donors (Lipinski definition) is 1. The lowest BCUT2D eigenvalue weighted by Crippen LogP contribution is -2.39. The number of aliphatic hydroxyl groups excluding tert-OH is 1. The molecule has 1 fully saturated rings. The molecule has 2 rings (SSSR count). The standard InChI is InChI=1S/C9H13BrN2O3S2/c1-6-8(10)16-9(11-6)17(14,15)12-4-2-7(13)3-5-12/h7,13H,2-5H2,1H3.